The second-order valence-electron chi connectivity index (χ2n) is 8.31. The van der Waals surface area contributed by atoms with Crippen LogP contribution in [0.1, 0.15) is 80.6 Å². The van der Waals surface area contributed by atoms with Crippen molar-refractivity contribution in [2.75, 3.05) is 0 Å². The van der Waals surface area contributed by atoms with Gasteiger partial charge >= 0.3 is 5.97 Å². The average Bonchev–Trinajstić information content (AvgIpc) is 2.37. The maximum atomic E-state index is 12.3. The van der Waals surface area contributed by atoms with Crippen molar-refractivity contribution in [3.63, 3.8) is 0 Å². The minimum Gasteiger partial charge on any atom is -0.462 e. The first kappa shape index (κ1) is 17.5. The largest absolute Gasteiger partial charge is 0.462 e. The fourth-order valence-electron chi connectivity index (χ4n) is 2.97. The van der Waals surface area contributed by atoms with Crippen molar-refractivity contribution in [1.82, 2.24) is 0 Å². The maximum Gasteiger partial charge on any atom is 0.311 e. The Hall–Kier alpha value is -0.530. The lowest BCUT2D eigenvalue weighted by molar-refractivity contribution is -0.164. The zero-order valence-electron chi connectivity index (χ0n) is 14.6. The van der Waals surface area contributed by atoms with Gasteiger partial charge in [0.2, 0.25) is 0 Å². The summed E-state index contributed by atoms with van der Waals surface area (Å²) in [5, 5.41) is 0. The predicted molar refractivity (Wildman–Crippen MR) is 84.5 cm³/mol. The number of esters is 1. The normalized spacial score (nSPS) is 28.2. The van der Waals surface area contributed by atoms with E-state index in [0.717, 1.165) is 19.3 Å². The molecule has 1 saturated carbocycles. The van der Waals surface area contributed by atoms with E-state index in [1.807, 2.05) is 13.8 Å². The van der Waals surface area contributed by atoms with Crippen molar-refractivity contribution in [3.8, 4) is 0 Å². The monoisotopic (exact) mass is 282 g/mol. The van der Waals surface area contributed by atoms with E-state index >= 15 is 0 Å². The highest BCUT2D eigenvalue weighted by molar-refractivity contribution is 5.76. The van der Waals surface area contributed by atoms with Gasteiger partial charge in [0.1, 0.15) is 6.10 Å². The molecule has 2 heteroatoms. The molecule has 0 aliphatic heterocycles. The van der Waals surface area contributed by atoms with Crippen LogP contribution in [0.15, 0.2) is 0 Å². The van der Waals surface area contributed by atoms with Gasteiger partial charge in [0, 0.05) is 0 Å². The number of hydrogen-bond donors (Lipinski definition) is 0. The van der Waals surface area contributed by atoms with E-state index in [2.05, 4.69) is 34.6 Å². The number of carbonyl (C=O) groups is 1. The quantitative estimate of drug-likeness (QED) is 0.662. The SMILES string of the molecule is CCC1CC(OC(=O)C(C)(C)CC)CC(C(C)(C)C)C1. The van der Waals surface area contributed by atoms with Gasteiger partial charge in [-0.25, -0.2) is 0 Å². The van der Waals surface area contributed by atoms with Crippen molar-refractivity contribution < 1.29 is 9.53 Å². The Morgan fingerprint density at radius 3 is 2.10 bits per heavy atom. The van der Waals surface area contributed by atoms with E-state index in [0.29, 0.717) is 17.3 Å². The van der Waals surface area contributed by atoms with Crippen molar-refractivity contribution >= 4 is 5.97 Å². The van der Waals surface area contributed by atoms with Crippen LogP contribution in [0, 0.1) is 22.7 Å². The molecule has 0 heterocycles. The molecule has 118 valence electrons. The van der Waals surface area contributed by atoms with E-state index in [-0.39, 0.29) is 17.5 Å². The molecular formula is C18H34O2. The van der Waals surface area contributed by atoms with E-state index in [9.17, 15) is 4.79 Å². The molecule has 0 bridgehead atoms. The summed E-state index contributed by atoms with van der Waals surface area (Å²) in [5.41, 5.74) is -0.0465. The molecule has 0 aromatic rings. The van der Waals surface area contributed by atoms with Crippen LogP contribution in [0.25, 0.3) is 0 Å². The zero-order chi connectivity index (χ0) is 15.6. The Morgan fingerprint density at radius 2 is 1.65 bits per heavy atom. The van der Waals surface area contributed by atoms with Gasteiger partial charge in [-0.2, -0.15) is 0 Å². The van der Waals surface area contributed by atoms with E-state index < -0.39 is 0 Å². The molecule has 0 amide bonds. The Bertz CT molecular complexity index is 325. The fraction of sp³-hybridized carbons (Fsp3) is 0.944. The summed E-state index contributed by atoms with van der Waals surface area (Å²) in [6.07, 6.45) is 5.51. The molecule has 0 spiro atoms. The highest BCUT2D eigenvalue weighted by Gasteiger charge is 2.38. The summed E-state index contributed by atoms with van der Waals surface area (Å²) in [6, 6.07) is 0. The molecule has 20 heavy (non-hydrogen) atoms. The molecule has 0 N–H and O–H groups in total. The van der Waals surface area contributed by atoms with Crippen LogP contribution in [0.4, 0.5) is 0 Å². The van der Waals surface area contributed by atoms with Crippen molar-refractivity contribution in [1.29, 1.82) is 0 Å². The second-order valence-corrected chi connectivity index (χ2v) is 8.31. The summed E-state index contributed by atoms with van der Waals surface area (Å²) in [5.74, 6) is 1.34. The smallest absolute Gasteiger partial charge is 0.311 e. The number of ether oxygens (including phenoxy) is 1. The van der Waals surface area contributed by atoms with Gasteiger partial charge in [-0.3, -0.25) is 4.79 Å². The van der Waals surface area contributed by atoms with Crippen molar-refractivity contribution in [2.45, 2.75) is 86.7 Å². The third-order valence-electron chi connectivity index (χ3n) is 5.27. The molecule has 3 atom stereocenters. The maximum absolute atomic E-state index is 12.3. The third-order valence-corrected chi connectivity index (χ3v) is 5.27. The average molecular weight is 282 g/mol. The fourth-order valence-corrected chi connectivity index (χ4v) is 2.97. The Morgan fingerprint density at radius 1 is 1.05 bits per heavy atom. The van der Waals surface area contributed by atoms with Gasteiger partial charge in [0.25, 0.3) is 0 Å². The first-order valence-corrected chi connectivity index (χ1v) is 8.31. The molecule has 2 nitrogen and oxygen atoms in total. The molecule has 1 aliphatic carbocycles. The molecule has 1 fully saturated rings. The van der Waals surface area contributed by atoms with Crippen LogP contribution >= 0.6 is 0 Å². The molecule has 3 unspecified atom stereocenters. The lowest BCUT2D eigenvalue weighted by Gasteiger charge is -2.41. The topological polar surface area (TPSA) is 26.3 Å². The molecule has 0 saturated heterocycles. The van der Waals surface area contributed by atoms with Gasteiger partial charge in [-0.05, 0) is 56.8 Å². The standard InChI is InChI=1S/C18H34O2/c1-8-13-10-14(17(3,4)5)12-15(11-13)20-16(19)18(6,7)9-2/h13-15H,8-12H2,1-7H3. The van der Waals surface area contributed by atoms with Gasteiger partial charge in [0.05, 0.1) is 5.41 Å². The summed E-state index contributed by atoms with van der Waals surface area (Å²) in [6.45, 7) is 15.2. The molecule has 0 aromatic heterocycles. The molecule has 1 rings (SSSR count). The van der Waals surface area contributed by atoms with Crippen LogP contribution in [0.2, 0.25) is 0 Å². The van der Waals surface area contributed by atoms with Gasteiger partial charge in [0.15, 0.2) is 0 Å². The van der Waals surface area contributed by atoms with Crippen molar-refractivity contribution in [2.24, 2.45) is 22.7 Å². The molecule has 0 radical (unpaired) electrons. The number of carbonyl (C=O) groups excluding carboxylic acids is 1. The Labute approximate surface area is 125 Å². The zero-order valence-corrected chi connectivity index (χ0v) is 14.6. The number of rotatable bonds is 4. The van der Waals surface area contributed by atoms with Crippen LogP contribution < -0.4 is 0 Å². The van der Waals surface area contributed by atoms with Gasteiger partial charge in [-0.1, -0.05) is 41.0 Å². The summed E-state index contributed by atoms with van der Waals surface area (Å²) >= 11 is 0. The highest BCUT2D eigenvalue weighted by Crippen LogP contribution is 2.42. The van der Waals surface area contributed by atoms with E-state index in [1.165, 1.54) is 12.8 Å². The van der Waals surface area contributed by atoms with Crippen LogP contribution in [-0.2, 0) is 9.53 Å². The molecule has 0 aromatic carbocycles. The minimum atomic E-state index is -0.351. The Balaban J connectivity index is 2.72. The van der Waals surface area contributed by atoms with Gasteiger partial charge < -0.3 is 4.74 Å². The van der Waals surface area contributed by atoms with E-state index in [4.69, 9.17) is 4.74 Å². The minimum absolute atomic E-state index is 0.0191. The summed E-state index contributed by atoms with van der Waals surface area (Å²) in [7, 11) is 0. The van der Waals surface area contributed by atoms with E-state index in [1.54, 1.807) is 0 Å². The summed E-state index contributed by atoms with van der Waals surface area (Å²) in [4.78, 5) is 12.3. The van der Waals surface area contributed by atoms with Gasteiger partial charge in [-0.15, -0.1) is 0 Å². The Kier molecular flexibility index (Phi) is 5.69. The van der Waals surface area contributed by atoms with Crippen LogP contribution in [-0.4, -0.2) is 12.1 Å². The predicted octanol–water partition coefficient (Wildman–Crippen LogP) is 5.21. The number of hydrogen-bond acceptors (Lipinski definition) is 2. The van der Waals surface area contributed by atoms with Crippen LogP contribution in [0.5, 0.6) is 0 Å². The first-order chi connectivity index (χ1) is 9.10. The lowest BCUT2D eigenvalue weighted by Crippen LogP contribution is -2.38. The highest BCUT2D eigenvalue weighted by atomic mass is 16.5. The summed E-state index contributed by atoms with van der Waals surface area (Å²) < 4.78 is 5.87. The lowest BCUT2D eigenvalue weighted by atomic mass is 9.67. The first-order valence-electron chi connectivity index (χ1n) is 8.31. The second kappa shape index (κ2) is 6.49. The molecule has 1 aliphatic rings. The molecular weight excluding hydrogens is 248 g/mol. The van der Waals surface area contributed by atoms with Crippen LogP contribution in [0.3, 0.4) is 0 Å². The van der Waals surface area contributed by atoms with Crippen molar-refractivity contribution in [3.05, 3.63) is 0 Å². The third kappa shape index (κ3) is 4.49.